The number of hydrogen-bond acceptors (Lipinski definition) is 3. The summed E-state index contributed by atoms with van der Waals surface area (Å²) in [6.45, 7) is 4.73. The van der Waals surface area contributed by atoms with Gasteiger partial charge in [0.05, 0.1) is 12.3 Å². The van der Waals surface area contributed by atoms with E-state index in [1.165, 1.54) is 12.1 Å². The number of carbonyl (C=O) groups excluding carboxylic acids is 1. The summed E-state index contributed by atoms with van der Waals surface area (Å²) in [4.78, 5) is 19.9. The second-order valence-corrected chi connectivity index (χ2v) is 6.95. The van der Waals surface area contributed by atoms with E-state index in [2.05, 4.69) is 10.5 Å². The Morgan fingerprint density at radius 3 is 2.74 bits per heavy atom. The SMILES string of the molecule is CC(C)NC(=O)N(Cc1ccccc1)C[C@@H]1CC(c2cccc(F)c2)=NO1. The average Bonchev–Trinajstić information content (AvgIpc) is 3.10. The molecular formula is C21H24FN3O2. The van der Waals surface area contributed by atoms with Gasteiger partial charge in [-0.25, -0.2) is 9.18 Å². The molecule has 5 nitrogen and oxygen atoms in total. The molecule has 2 aromatic carbocycles. The van der Waals surface area contributed by atoms with Crippen molar-refractivity contribution in [1.29, 1.82) is 0 Å². The highest BCUT2D eigenvalue weighted by Crippen LogP contribution is 2.19. The maximum Gasteiger partial charge on any atom is 0.318 e. The van der Waals surface area contributed by atoms with Gasteiger partial charge >= 0.3 is 6.03 Å². The van der Waals surface area contributed by atoms with Crippen LogP contribution in [0.3, 0.4) is 0 Å². The maximum atomic E-state index is 13.4. The van der Waals surface area contributed by atoms with Crippen LogP contribution in [0.1, 0.15) is 31.4 Å². The lowest BCUT2D eigenvalue weighted by atomic mass is 10.0. The summed E-state index contributed by atoms with van der Waals surface area (Å²) in [6, 6.07) is 16.0. The van der Waals surface area contributed by atoms with Gasteiger partial charge in [-0.15, -0.1) is 0 Å². The van der Waals surface area contributed by atoms with Gasteiger partial charge in [0.1, 0.15) is 5.82 Å². The number of oxime groups is 1. The van der Waals surface area contributed by atoms with Gasteiger partial charge in [-0.1, -0.05) is 47.6 Å². The number of nitrogens with one attached hydrogen (secondary N) is 1. The molecule has 2 amide bonds. The molecule has 1 N–H and O–H groups in total. The fourth-order valence-corrected chi connectivity index (χ4v) is 2.97. The predicted octanol–water partition coefficient (Wildman–Crippen LogP) is 3.94. The van der Waals surface area contributed by atoms with Crippen molar-refractivity contribution in [2.75, 3.05) is 6.54 Å². The summed E-state index contributed by atoms with van der Waals surface area (Å²) in [5.74, 6) is -0.305. The van der Waals surface area contributed by atoms with Crippen molar-refractivity contribution in [2.24, 2.45) is 5.16 Å². The summed E-state index contributed by atoms with van der Waals surface area (Å²) >= 11 is 0. The first-order valence-electron chi connectivity index (χ1n) is 9.09. The van der Waals surface area contributed by atoms with Crippen molar-refractivity contribution in [3.05, 3.63) is 71.5 Å². The van der Waals surface area contributed by atoms with Gasteiger partial charge in [0, 0.05) is 24.6 Å². The lowest BCUT2D eigenvalue weighted by molar-refractivity contribution is 0.0586. The molecule has 0 radical (unpaired) electrons. The first kappa shape index (κ1) is 18.9. The van der Waals surface area contributed by atoms with Crippen molar-refractivity contribution in [1.82, 2.24) is 10.2 Å². The molecule has 1 atom stereocenters. The quantitative estimate of drug-likeness (QED) is 0.839. The topological polar surface area (TPSA) is 53.9 Å². The van der Waals surface area contributed by atoms with Gasteiger partial charge in [0.2, 0.25) is 0 Å². The maximum absolute atomic E-state index is 13.4. The minimum Gasteiger partial charge on any atom is -0.390 e. The summed E-state index contributed by atoms with van der Waals surface area (Å²) in [6.07, 6.45) is 0.272. The number of carbonyl (C=O) groups is 1. The highest BCUT2D eigenvalue weighted by Gasteiger charge is 2.27. The van der Waals surface area contributed by atoms with Crippen molar-refractivity contribution in [3.63, 3.8) is 0 Å². The van der Waals surface area contributed by atoms with Crippen LogP contribution in [-0.4, -0.2) is 35.3 Å². The molecule has 27 heavy (non-hydrogen) atoms. The third kappa shape index (κ3) is 5.29. The van der Waals surface area contributed by atoms with E-state index in [1.54, 1.807) is 17.0 Å². The minimum absolute atomic E-state index is 0.0411. The van der Waals surface area contributed by atoms with E-state index in [4.69, 9.17) is 4.84 Å². The zero-order valence-corrected chi connectivity index (χ0v) is 15.6. The second-order valence-electron chi connectivity index (χ2n) is 6.95. The highest BCUT2D eigenvalue weighted by molar-refractivity contribution is 6.01. The summed E-state index contributed by atoms with van der Waals surface area (Å²) < 4.78 is 13.4. The van der Waals surface area contributed by atoms with E-state index in [-0.39, 0.29) is 24.0 Å². The van der Waals surface area contributed by atoms with E-state index >= 15 is 0 Å². The first-order valence-corrected chi connectivity index (χ1v) is 9.09. The molecule has 0 spiro atoms. The molecule has 3 rings (SSSR count). The van der Waals surface area contributed by atoms with E-state index in [0.717, 1.165) is 5.56 Å². The van der Waals surface area contributed by atoms with Crippen LogP contribution in [0.5, 0.6) is 0 Å². The van der Waals surface area contributed by atoms with E-state index in [9.17, 15) is 9.18 Å². The van der Waals surface area contributed by atoms with Crippen molar-refractivity contribution in [2.45, 2.75) is 39.0 Å². The number of rotatable bonds is 6. The molecule has 0 aliphatic carbocycles. The van der Waals surface area contributed by atoms with Crippen LogP contribution >= 0.6 is 0 Å². The monoisotopic (exact) mass is 369 g/mol. The Bertz CT molecular complexity index is 808. The summed E-state index contributed by atoms with van der Waals surface area (Å²) in [7, 11) is 0. The molecule has 0 unspecified atom stereocenters. The van der Waals surface area contributed by atoms with Crippen LogP contribution in [0.4, 0.5) is 9.18 Å². The molecular weight excluding hydrogens is 345 g/mol. The number of amides is 2. The van der Waals surface area contributed by atoms with Crippen molar-refractivity contribution >= 4 is 11.7 Å². The number of urea groups is 1. The number of nitrogens with zero attached hydrogens (tertiary/aromatic N) is 2. The van der Waals surface area contributed by atoms with Crippen LogP contribution in [0.2, 0.25) is 0 Å². The molecule has 6 heteroatoms. The van der Waals surface area contributed by atoms with Gasteiger partial charge in [-0.2, -0.15) is 0 Å². The molecule has 1 aliphatic rings. The number of hydrogen-bond donors (Lipinski definition) is 1. The Balaban J connectivity index is 1.66. The normalized spacial score (nSPS) is 16.0. The summed E-state index contributed by atoms with van der Waals surface area (Å²) in [5, 5.41) is 7.03. The van der Waals surface area contributed by atoms with Crippen LogP contribution in [0.15, 0.2) is 59.8 Å². The van der Waals surface area contributed by atoms with Gasteiger partial charge in [-0.05, 0) is 31.5 Å². The Hall–Kier alpha value is -2.89. The van der Waals surface area contributed by atoms with Gasteiger partial charge in [0.25, 0.3) is 0 Å². The Kier molecular flexibility index (Phi) is 6.06. The molecule has 0 aromatic heterocycles. The zero-order valence-electron chi connectivity index (χ0n) is 15.6. The summed E-state index contributed by atoms with van der Waals surface area (Å²) in [5.41, 5.74) is 2.45. The second kappa shape index (κ2) is 8.66. The van der Waals surface area contributed by atoms with Gasteiger partial charge in [0.15, 0.2) is 6.10 Å². The van der Waals surface area contributed by atoms with Crippen molar-refractivity contribution in [3.8, 4) is 0 Å². The number of halogens is 1. The Morgan fingerprint density at radius 1 is 1.26 bits per heavy atom. The Morgan fingerprint density at radius 2 is 2.04 bits per heavy atom. The lowest BCUT2D eigenvalue weighted by Crippen LogP contribution is -2.45. The number of benzene rings is 2. The molecule has 0 saturated carbocycles. The highest BCUT2D eigenvalue weighted by atomic mass is 19.1. The molecule has 0 saturated heterocycles. The van der Waals surface area contributed by atoms with Crippen LogP contribution in [0.25, 0.3) is 0 Å². The fourth-order valence-electron chi connectivity index (χ4n) is 2.97. The van der Waals surface area contributed by atoms with E-state index in [1.807, 2.05) is 44.2 Å². The molecule has 2 aromatic rings. The van der Waals surface area contributed by atoms with Crippen molar-refractivity contribution < 1.29 is 14.0 Å². The standard InChI is InChI=1S/C21H24FN3O2/c1-15(2)23-21(26)25(13-16-7-4-3-5-8-16)14-19-12-20(24-27-19)17-9-6-10-18(22)11-17/h3-11,15,19H,12-14H2,1-2H3,(H,23,26)/t19-/m0/s1. The molecule has 0 bridgehead atoms. The van der Waals surface area contributed by atoms with Gasteiger partial charge < -0.3 is 15.1 Å². The third-order valence-electron chi connectivity index (χ3n) is 4.23. The lowest BCUT2D eigenvalue weighted by Gasteiger charge is -2.26. The van der Waals surface area contributed by atoms with Crippen LogP contribution < -0.4 is 5.32 Å². The average molecular weight is 369 g/mol. The smallest absolute Gasteiger partial charge is 0.318 e. The molecule has 1 aliphatic heterocycles. The largest absolute Gasteiger partial charge is 0.390 e. The molecule has 142 valence electrons. The van der Waals surface area contributed by atoms with E-state index in [0.29, 0.717) is 30.8 Å². The van der Waals surface area contributed by atoms with E-state index < -0.39 is 0 Å². The fraction of sp³-hybridized carbons (Fsp3) is 0.333. The zero-order chi connectivity index (χ0) is 19.2. The van der Waals surface area contributed by atoms with Gasteiger partial charge in [-0.3, -0.25) is 0 Å². The predicted molar refractivity (Wildman–Crippen MR) is 103 cm³/mol. The first-order chi connectivity index (χ1) is 13.0. The Labute approximate surface area is 158 Å². The molecule has 0 fully saturated rings. The molecule has 1 heterocycles. The van der Waals surface area contributed by atoms with Crippen LogP contribution in [0, 0.1) is 5.82 Å². The minimum atomic E-state index is -0.305. The third-order valence-corrected chi connectivity index (χ3v) is 4.23. The van der Waals surface area contributed by atoms with Crippen LogP contribution in [-0.2, 0) is 11.4 Å².